The Morgan fingerprint density at radius 2 is 2.26 bits per heavy atom. The number of anilines is 2. The highest BCUT2D eigenvalue weighted by Crippen LogP contribution is 2.31. The number of hydrazone groups is 1. The number of alkyl halides is 2. The minimum Gasteiger partial charge on any atom is -0.382 e. The zero-order valence-corrected chi connectivity index (χ0v) is 10.5. The number of nitrogen functional groups attached to an aromatic ring is 1. The van der Waals surface area contributed by atoms with Crippen LogP contribution in [0.4, 0.5) is 20.3 Å². The highest BCUT2D eigenvalue weighted by molar-refractivity contribution is 6.51. The Morgan fingerprint density at radius 3 is 2.89 bits per heavy atom. The number of pyridine rings is 1. The minimum absolute atomic E-state index is 0.0721. The van der Waals surface area contributed by atoms with Gasteiger partial charge in [-0.1, -0.05) is 0 Å². The van der Waals surface area contributed by atoms with Crippen molar-refractivity contribution in [2.75, 3.05) is 17.7 Å². The SMILES string of the molecule is CC1/C(=N/NC(F)F)C(=N)c2ccnc(N)c2N1C. The van der Waals surface area contributed by atoms with E-state index in [-0.39, 0.29) is 17.5 Å². The summed E-state index contributed by atoms with van der Waals surface area (Å²) >= 11 is 0. The fourth-order valence-corrected chi connectivity index (χ4v) is 2.03. The van der Waals surface area contributed by atoms with Gasteiger partial charge in [-0.2, -0.15) is 13.9 Å². The van der Waals surface area contributed by atoms with E-state index in [1.54, 1.807) is 30.4 Å². The van der Waals surface area contributed by atoms with Gasteiger partial charge in [-0.05, 0) is 13.0 Å². The molecule has 0 saturated carbocycles. The first kappa shape index (κ1) is 13.2. The molecule has 1 atom stereocenters. The van der Waals surface area contributed by atoms with Gasteiger partial charge in [-0.15, -0.1) is 0 Å². The van der Waals surface area contributed by atoms with Gasteiger partial charge in [0.05, 0.1) is 17.4 Å². The molecule has 1 aromatic rings. The molecule has 0 bridgehead atoms. The summed E-state index contributed by atoms with van der Waals surface area (Å²) in [5.41, 5.74) is 8.94. The van der Waals surface area contributed by atoms with Crippen LogP contribution in [-0.2, 0) is 0 Å². The maximum absolute atomic E-state index is 12.2. The lowest BCUT2D eigenvalue weighted by Gasteiger charge is -2.35. The fourth-order valence-electron chi connectivity index (χ4n) is 2.03. The van der Waals surface area contributed by atoms with Crippen LogP contribution in [0.3, 0.4) is 0 Å². The van der Waals surface area contributed by atoms with Crippen LogP contribution in [0.1, 0.15) is 12.5 Å². The summed E-state index contributed by atoms with van der Waals surface area (Å²) in [6.07, 6.45) is 1.48. The number of halogens is 2. The van der Waals surface area contributed by atoms with Gasteiger partial charge in [0.15, 0.2) is 0 Å². The summed E-state index contributed by atoms with van der Waals surface area (Å²) in [5, 5.41) is 11.7. The monoisotopic (exact) mass is 268 g/mol. The molecule has 6 nitrogen and oxygen atoms in total. The van der Waals surface area contributed by atoms with Crippen molar-refractivity contribution in [3.63, 3.8) is 0 Å². The number of rotatable bonds is 2. The number of aromatic nitrogens is 1. The maximum Gasteiger partial charge on any atom is 0.327 e. The predicted molar refractivity (Wildman–Crippen MR) is 69.9 cm³/mol. The van der Waals surface area contributed by atoms with Gasteiger partial charge >= 0.3 is 6.55 Å². The zero-order chi connectivity index (χ0) is 14.2. The second-order valence-corrected chi connectivity index (χ2v) is 4.18. The molecule has 1 aliphatic heterocycles. The molecule has 0 saturated heterocycles. The van der Waals surface area contributed by atoms with Gasteiger partial charge < -0.3 is 10.6 Å². The molecule has 0 radical (unpaired) electrons. The largest absolute Gasteiger partial charge is 0.382 e. The number of nitrogens with one attached hydrogen (secondary N) is 2. The summed E-state index contributed by atoms with van der Waals surface area (Å²) in [7, 11) is 1.76. The standard InChI is InChI=1S/C11H14F2N6/c1-5-8(17-18-11(12)13)7(14)6-3-4-16-10(15)9(6)19(5)2/h3-5,11,14,18H,1-2H3,(H2,15,16)/b14-7?,17-8-. The minimum atomic E-state index is -2.76. The van der Waals surface area contributed by atoms with E-state index < -0.39 is 6.55 Å². The van der Waals surface area contributed by atoms with E-state index >= 15 is 0 Å². The number of hydrogen-bond donors (Lipinski definition) is 3. The van der Waals surface area contributed by atoms with Crippen molar-refractivity contribution in [2.24, 2.45) is 5.10 Å². The average molecular weight is 268 g/mol. The molecule has 2 rings (SSSR count). The second-order valence-electron chi connectivity index (χ2n) is 4.18. The molecule has 19 heavy (non-hydrogen) atoms. The Kier molecular flexibility index (Phi) is 3.32. The molecule has 0 amide bonds. The number of nitrogens with two attached hydrogens (primary N) is 1. The first-order valence-corrected chi connectivity index (χ1v) is 5.61. The quantitative estimate of drug-likeness (QED) is 0.552. The van der Waals surface area contributed by atoms with Crippen molar-refractivity contribution >= 4 is 22.9 Å². The molecule has 1 unspecified atom stereocenters. The zero-order valence-electron chi connectivity index (χ0n) is 10.5. The number of nitrogens with zero attached hydrogens (tertiary/aromatic N) is 3. The topological polar surface area (TPSA) is 90.4 Å². The summed E-state index contributed by atoms with van der Waals surface area (Å²) < 4.78 is 24.3. The summed E-state index contributed by atoms with van der Waals surface area (Å²) in [6.45, 7) is -1.00. The maximum atomic E-state index is 12.2. The molecule has 0 spiro atoms. The summed E-state index contributed by atoms with van der Waals surface area (Å²) in [5.74, 6) is 0.303. The number of hydrogen-bond acceptors (Lipinski definition) is 6. The highest BCUT2D eigenvalue weighted by atomic mass is 19.3. The highest BCUT2D eigenvalue weighted by Gasteiger charge is 2.32. The smallest absolute Gasteiger partial charge is 0.327 e. The van der Waals surface area contributed by atoms with Crippen LogP contribution < -0.4 is 16.1 Å². The van der Waals surface area contributed by atoms with Crippen molar-refractivity contribution in [2.45, 2.75) is 19.5 Å². The Balaban J connectivity index is 2.49. The molecule has 4 N–H and O–H groups in total. The van der Waals surface area contributed by atoms with Crippen LogP contribution in [0, 0.1) is 5.41 Å². The Bertz CT molecular complexity index is 542. The first-order valence-electron chi connectivity index (χ1n) is 5.61. The third-order valence-corrected chi connectivity index (χ3v) is 3.09. The Morgan fingerprint density at radius 1 is 1.58 bits per heavy atom. The number of fused-ring (bicyclic) bond motifs is 1. The van der Waals surface area contributed by atoms with E-state index in [0.29, 0.717) is 17.1 Å². The third-order valence-electron chi connectivity index (χ3n) is 3.09. The van der Waals surface area contributed by atoms with Gasteiger partial charge in [-0.3, -0.25) is 10.8 Å². The van der Waals surface area contributed by atoms with Crippen molar-refractivity contribution in [1.82, 2.24) is 10.4 Å². The van der Waals surface area contributed by atoms with Crippen LogP contribution in [0.25, 0.3) is 0 Å². The Labute approximate surface area is 108 Å². The fraction of sp³-hybridized carbons (Fsp3) is 0.364. The second kappa shape index (κ2) is 4.79. The lowest BCUT2D eigenvalue weighted by atomic mass is 9.94. The molecule has 0 aliphatic carbocycles. The molecule has 1 aromatic heterocycles. The van der Waals surface area contributed by atoms with E-state index in [1.165, 1.54) is 6.20 Å². The van der Waals surface area contributed by atoms with Crippen molar-refractivity contribution in [1.29, 1.82) is 5.41 Å². The van der Waals surface area contributed by atoms with Crippen LogP contribution >= 0.6 is 0 Å². The van der Waals surface area contributed by atoms with Crippen LogP contribution in [0.2, 0.25) is 0 Å². The molecule has 102 valence electrons. The van der Waals surface area contributed by atoms with Gasteiger partial charge in [0, 0.05) is 18.8 Å². The van der Waals surface area contributed by atoms with Gasteiger partial charge in [-0.25, -0.2) is 4.98 Å². The van der Waals surface area contributed by atoms with Gasteiger partial charge in [0.25, 0.3) is 0 Å². The van der Waals surface area contributed by atoms with Gasteiger partial charge in [0.1, 0.15) is 11.5 Å². The molecule has 2 heterocycles. The molecular weight excluding hydrogens is 254 g/mol. The first-order chi connectivity index (χ1) is 8.93. The molecule has 1 aliphatic rings. The van der Waals surface area contributed by atoms with Crippen molar-refractivity contribution in [3.05, 3.63) is 17.8 Å². The lowest BCUT2D eigenvalue weighted by molar-refractivity contribution is 0.110. The Hall–Kier alpha value is -2.25. The normalized spacial score (nSPS) is 20.9. The van der Waals surface area contributed by atoms with E-state index in [2.05, 4.69) is 10.1 Å². The van der Waals surface area contributed by atoms with Crippen molar-refractivity contribution in [3.8, 4) is 0 Å². The van der Waals surface area contributed by atoms with Gasteiger partial charge in [0.2, 0.25) is 0 Å². The summed E-state index contributed by atoms with van der Waals surface area (Å²) in [6, 6.07) is 1.27. The van der Waals surface area contributed by atoms with Crippen LogP contribution in [-0.4, -0.2) is 36.0 Å². The van der Waals surface area contributed by atoms with Crippen molar-refractivity contribution < 1.29 is 8.78 Å². The molecular formula is C11H14F2N6. The summed E-state index contributed by atoms with van der Waals surface area (Å²) in [4.78, 5) is 5.74. The van der Waals surface area contributed by atoms with Crippen LogP contribution in [0.5, 0.6) is 0 Å². The third kappa shape index (κ3) is 2.20. The van der Waals surface area contributed by atoms with E-state index in [9.17, 15) is 8.78 Å². The molecule has 0 fully saturated rings. The van der Waals surface area contributed by atoms with E-state index in [4.69, 9.17) is 11.1 Å². The lowest BCUT2D eigenvalue weighted by Crippen LogP contribution is -2.46. The van der Waals surface area contributed by atoms with E-state index in [0.717, 1.165) is 0 Å². The van der Waals surface area contributed by atoms with Crippen LogP contribution in [0.15, 0.2) is 17.4 Å². The van der Waals surface area contributed by atoms with E-state index in [1.807, 2.05) is 0 Å². The molecule has 8 heteroatoms. The average Bonchev–Trinajstić information content (AvgIpc) is 2.35. The molecule has 0 aromatic carbocycles. The predicted octanol–water partition coefficient (Wildman–Crippen LogP) is 1.04.